The molecule has 1 atom stereocenters. The predicted molar refractivity (Wildman–Crippen MR) is 58.3 cm³/mol. The van der Waals surface area contributed by atoms with Gasteiger partial charge in [0.05, 0.1) is 11.6 Å². The predicted octanol–water partition coefficient (Wildman–Crippen LogP) is 0.324. The van der Waals surface area contributed by atoms with Crippen molar-refractivity contribution >= 4 is 5.82 Å². The van der Waals surface area contributed by atoms with Crippen LogP contribution in [0.3, 0.4) is 0 Å². The Bertz CT molecular complexity index is 422. The molecule has 0 amide bonds. The molecule has 1 heterocycles. The molecule has 5 heteroatoms. The Labute approximate surface area is 87.9 Å². The highest BCUT2D eigenvalue weighted by atomic mass is 16.1. The van der Waals surface area contributed by atoms with Crippen molar-refractivity contribution in [2.24, 2.45) is 11.7 Å². The summed E-state index contributed by atoms with van der Waals surface area (Å²) in [6.07, 6.45) is 2.81. The van der Waals surface area contributed by atoms with Gasteiger partial charge in [-0.05, 0) is 25.2 Å². The number of nitrogens with zero attached hydrogens (tertiary/aromatic N) is 1. The van der Waals surface area contributed by atoms with Gasteiger partial charge < -0.3 is 16.5 Å². The number of aromatic amines is 1. The Morgan fingerprint density at radius 1 is 1.60 bits per heavy atom. The first kappa shape index (κ1) is 10.2. The van der Waals surface area contributed by atoms with E-state index in [0.29, 0.717) is 29.5 Å². The first-order chi connectivity index (χ1) is 7.13. The monoisotopic (exact) mass is 208 g/mol. The number of nitrogens with two attached hydrogens (primary N) is 2. The van der Waals surface area contributed by atoms with Gasteiger partial charge in [-0.2, -0.15) is 0 Å². The molecule has 5 nitrogen and oxygen atoms in total. The molecule has 5 N–H and O–H groups in total. The Morgan fingerprint density at radius 3 is 2.73 bits per heavy atom. The topological polar surface area (TPSA) is 97.8 Å². The summed E-state index contributed by atoms with van der Waals surface area (Å²) in [5, 5.41) is 0. The van der Waals surface area contributed by atoms with Crippen LogP contribution in [0.25, 0.3) is 0 Å². The van der Waals surface area contributed by atoms with Crippen molar-refractivity contribution in [2.45, 2.75) is 32.2 Å². The number of nitrogen functional groups attached to an aromatic ring is 1. The number of H-pyrrole nitrogens is 1. The third kappa shape index (κ3) is 1.87. The maximum Gasteiger partial charge on any atom is 0.256 e. The van der Waals surface area contributed by atoms with E-state index in [0.717, 1.165) is 12.8 Å². The lowest BCUT2D eigenvalue weighted by atomic mass is 10.1. The minimum absolute atomic E-state index is 0.156. The summed E-state index contributed by atoms with van der Waals surface area (Å²) in [6.45, 7) is 1.88. The highest BCUT2D eigenvalue weighted by Gasteiger charge is 2.31. The van der Waals surface area contributed by atoms with E-state index < -0.39 is 0 Å². The highest BCUT2D eigenvalue weighted by molar-refractivity contribution is 5.37. The number of rotatable bonds is 3. The van der Waals surface area contributed by atoms with Crippen LogP contribution in [-0.2, 0) is 6.42 Å². The van der Waals surface area contributed by atoms with Gasteiger partial charge in [0, 0.05) is 0 Å². The molecule has 1 aromatic heterocycles. The van der Waals surface area contributed by atoms with Gasteiger partial charge in [0.2, 0.25) is 0 Å². The van der Waals surface area contributed by atoms with Crippen LogP contribution >= 0.6 is 0 Å². The van der Waals surface area contributed by atoms with Gasteiger partial charge in [0.1, 0.15) is 11.6 Å². The normalized spacial score (nSPS) is 17.7. The van der Waals surface area contributed by atoms with Crippen LogP contribution in [0.5, 0.6) is 0 Å². The number of hydrogen-bond acceptors (Lipinski definition) is 4. The van der Waals surface area contributed by atoms with E-state index in [9.17, 15) is 4.79 Å². The van der Waals surface area contributed by atoms with Gasteiger partial charge in [-0.3, -0.25) is 4.79 Å². The van der Waals surface area contributed by atoms with Crippen molar-refractivity contribution in [3.8, 4) is 0 Å². The highest BCUT2D eigenvalue weighted by Crippen LogP contribution is 2.38. The largest absolute Gasteiger partial charge is 0.383 e. The third-order valence-electron chi connectivity index (χ3n) is 2.86. The van der Waals surface area contributed by atoms with Gasteiger partial charge in [0.25, 0.3) is 5.56 Å². The fourth-order valence-electron chi connectivity index (χ4n) is 1.71. The quantitative estimate of drug-likeness (QED) is 0.666. The van der Waals surface area contributed by atoms with Crippen LogP contribution < -0.4 is 17.0 Å². The van der Waals surface area contributed by atoms with E-state index in [1.165, 1.54) is 0 Å². The molecule has 2 rings (SSSR count). The van der Waals surface area contributed by atoms with Crippen LogP contribution in [0, 0.1) is 5.92 Å². The Kier molecular flexibility index (Phi) is 2.48. The molecule has 1 aliphatic carbocycles. The van der Waals surface area contributed by atoms with E-state index in [1.807, 2.05) is 6.92 Å². The molecular formula is C10H16N4O. The number of anilines is 1. The molecule has 1 unspecified atom stereocenters. The number of aromatic nitrogens is 2. The van der Waals surface area contributed by atoms with Crippen LogP contribution in [0.2, 0.25) is 0 Å². The summed E-state index contributed by atoms with van der Waals surface area (Å²) in [4.78, 5) is 18.5. The van der Waals surface area contributed by atoms with Crippen molar-refractivity contribution in [3.63, 3.8) is 0 Å². The van der Waals surface area contributed by atoms with Crippen LogP contribution in [0.1, 0.15) is 37.2 Å². The van der Waals surface area contributed by atoms with Crippen molar-refractivity contribution in [2.75, 3.05) is 5.73 Å². The molecule has 0 saturated heterocycles. The fraction of sp³-hybridized carbons (Fsp3) is 0.600. The van der Waals surface area contributed by atoms with Crippen LogP contribution in [-0.4, -0.2) is 9.97 Å². The Balaban J connectivity index is 2.38. The first-order valence-corrected chi connectivity index (χ1v) is 5.27. The molecule has 0 aliphatic heterocycles. The zero-order valence-corrected chi connectivity index (χ0v) is 8.79. The summed E-state index contributed by atoms with van der Waals surface area (Å²) in [5.41, 5.74) is 12.0. The molecule has 82 valence electrons. The van der Waals surface area contributed by atoms with E-state index >= 15 is 0 Å². The molecule has 0 bridgehead atoms. The van der Waals surface area contributed by atoms with Crippen molar-refractivity contribution in [1.82, 2.24) is 9.97 Å². The SMILES string of the molecule is CCc1c(N)nc(C(N)C2CC2)[nH]c1=O. The van der Waals surface area contributed by atoms with Crippen molar-refractivity contribution in [1.29, 1.82) is 0 Å². The maximum absolute atomic E-state index is 11.6. The second-order valence-electron chi connectivity index (χ2n) is 4.03. The summed E-state index contributed by atoms with van der Waals surface area (Å²) in [6, 6.07) is -0.175. The minimum atomic E-state index is -0.175. The minimum Gasteiger partial charge on any atom is -0.383 e. The zero-order valence-electron chi connectivity index (χ0n) is 8.79. The first-order valence-electron chi connectivity index (χ1n) is 5.27. The van der Waals surface area contributed by atoms with Gasteiger partial charge in [0.15, 0.2) is 0 Å². The van der Waals surface area contributed by atoms with E-state index in [-0.39, 0.29) is 11.6 Å². The third-order valence-corrected chi connectivity index (χ3v) is 2.86. The average molecular weight is 208 g/mol. The molecular weight excluding hydrogens is 192 g/mol. The van der Waals surface area contributed by atoms with Crippen molar-refractivity contribution in [3.05, 3.63) is 21.7 Å². The van der Waals surface area contributed by atoms with E-state index in [2.05, 4.69) is 9.97 Å². The lowest BCUT2D eigenvalue weighted by Crippen LogP contribution is -2.24. The van der Waals surface area contributed by atoms with E-state index in [1.54, 1.807) is 0 Å². The summed E-state index contributed by atoms with van der Waals surface area (Å²) in [7, 11) is 0. The second kappa shape index (κ2) is 3.66. The second-order valence-corrected chi connectivity index (χ2v) is 4.03. The smallest absolute Gasteiger partial charge is 0.256 e. The Hall–Kier alpha value is -1.36. The summed E-state index contributed by atoms with van der Waals surface area (Å²) >= 11 is 0. The van der Waals surface area contributed by atoms with Crippen molar-refractivity contribution < 1.29 is 0 Å². The molecule has 1 aromatic rings. The lowest BCUT2D eigenvalue weighted by molar-refractivity contribution is 0.590. The average Bonchev–Trinajstić information content (AvgIpc) is 2.99. The molecule has 1 saturated carbocycles. The zero-order chi connectivity index (χ0) is 11.0. The van der Waals surface area contributed by atoms with E-state index in [4.69, 9.17) is 11.5 Å². The maximum atomic E-state index is 11.6. The van der Waals surface area contributed by atoms with Gasteiger partial charge in [-0.25, -0.2) is 4.98 Å². The lowest BCUT2D eigenvalue weighted by Gasteiger charge is -2.11. The molecule has 1 fully saturated rings. The number of hydrogen-bond donors (Lipinski definition) is 3. The number of nitrogens with one attached hydrogen (secondary N) is 1. The molecule has 0 aromatic carbocycles. The van der Waals surface area contributed by atoms with Crippen LogP contribution in [0.4, 0.5) is 5.82 Å². The van der Waals surface area contributed by atoms with Gasteiger partial charge in [-0.15, -0.1) is 0 Å². The summed E-state index contributed by atoms with van der Waals surface area (Å²) in [5.74, 6) is 1.30. The molecule has 15 heavy (non-hydrogen) atoms. The molecule has 0 spiro atoms. The molecule has 0 radical (unpaired) electrons. The molecule has 1 aliphatic rings. The fourth-order valence-corrected chi connectivity index (χ4v) is 1.71. The summed E-state index contributed by atoms with van der Waals surface area (Å²) < 4.78 is 0. The standard InChI is InChI=1S/C10H16N4O/c1-2-6-8(12)13-9(14-10(6)15)7(11)5-3-4-5/h5,7H,2-4,11H2,1H3,(H3,12,13,14,15). The van der Waals surface area contributed by atoms with Gasteiger partial charge in [-0.1, -0.05) is 6.92 Å². The van der Waals surface area contributed by atoms with Gasteiger partial charge >= 0.3 is 0 Å². The van der Waals surface area contributed by atoms with Crippen LogP contribution in [0.15, 0.2) is 4.79 Å². The Morgan fingerprint density at radius 2 is 2.27 bits per heavy atom.